The molecule has 0 unspecified atom stereocenters. The highest BCUT2D eigenvalue weighted by Crippen LogP contribution is 2.32. The Morgan fingerprint density at radius 1 is 0.969 bits per heavy atom. The van der Waals surface area contributed by atoms with Gasteiger partial charge in [-0.2, -0.15) is 0 Å². The first-order valence-corrected chi connectivity index (χ1v) is 10.1. The summed E-state index contributed by atoms with van der Waals surface area (Å²) in [5.74, 6) is -0.0950. The van der Waals surface area contributed by atoms with Crippen LogP contribution in [0.25, 0.3) is 6.08 Å². The van der Waals surface area contributed by atoms with Gasteiger partial charge in [-0.05, 0) is 60.7 Å². The molecule has 1 aliphatic heterocycles. The van der Waals surface area contributed by atoms with Gasteiger partial charge in [0, 0.05) is 16.2 Å². The number of benzene rings is 3. The summed E-state index contributed by atoms with van der Waals surface area (Å²) in [5, 5.41) is 0.523. The molecule has 1 heterocycles. The maximum absolute atomic E-state index is 12.9. The molecule has 0 N–H and O–H groups in total. The molecule has 1 saturated heterocycles. The molecule has 0 spiro atoms. The van der Waals surface area contributed by atoms with Gasteiger partial charge in [-0.15, -0.1) is 0 Å². The quantitative estimate of drug-likeness (QED) is 0.303. The second kappa shape index (κ2) is 9.08. The van der Waals surface area contributed by atoms with Crippen LogP contribution in [0.3, 0.4) is 0 Å². The van der Waals surface area contributed by atoms with Crippen molar-refractivity contribution in [3.05, 3.63) is 94.5 Å². The molecular weight excluding hydrogens is 430 g/mol. The average Bonchev–Trinajstić information content (AvgIpc) is 3.08. The molecule has 32 heavy (non-hydrogen) atoms. The lowest BCUT2D eigenvalue weighted by molar-refractivity contribution is -0.120. The monoisotopic (exact) mass is 447 g/mol. The van der Waals surface area contributed by atoms with E-state index in [9.17, 15) is 14.4 Å². The zero-order valence-corrected chi connectivity index (χ0v) is 17.8. The number of imide groups is 1. The summed E-state index contributed by atoms with van der Waals surface area (Å²) in [7, 11) is 1.32. The molecule has 3 aromatic carbocycles. The van der Waals surface area contributed by atoms with Gasteiger partial charge >= 0.3 is 5.97 Å². The van der Waals surface area contributed by atoms with Crippen molar-refractivity contribution in [1.29, 1.82) is 0 Å². The van der Waals surface area contributed by atoms with Gasteiger partial charge in [0.15, 0.2) is 0 Å². The van der Waals surface area contributed by atoms with Crippen molar-refractivity contribution in [3.63, 3.8) is 0 Å². The van der Waals surface area contributed by atoms with Gasteiger partial charge in [0.25, 0.3) is 5.91 Å². The van der Waals surface area contributed by atoms with E-state index in [2.05, 4.69) is 0 Å². The zero-order chi connectivity index (χ0) is 22.7. The van der Waals surface area contributed by atoms with E-state index in [0.717, 1.165) is 4.90 Å². The summed E-state index contributed by atoms with van der Waals surface area (Å²) in [6.07, 6.45) is 1.65. The van der Waals surface area contributed by atoms with Gasteiger partial charge in [-0.25, -0.2) is 9.69 Å². The molecule has 0 aliphatic carbocycles. The lowest BCUT2D eigenvalue weighted by atomic mass is 10.1. The number of anilines is 1. The van der Waals surface area contributed by atoms with Crippen LogP contribution in [-0.2, 0) is 14.3 Å². The molecule has 1 aliphatic rings. The van der Waals surface area contributed by atoms with Crippen LogP contribution in [0.2, 0.25) is 5.02 Å². The van der Waals surface area contributed by atoms with Crippen LogP contribution >= 0.6 is 11.6 Å². The molecule has 0 bridgehead atoms. The maximum atomic E-state index is 12.9. The topological polar surface area (TPSA) is 72.9 Å². The highest BCUT2D eigenvalue weighted by atomic mass is 35.5. The molecule has 6 nitrogen and oxygen atoms in total. The van der Waals surface area contributed by atoms with Crippen molar-refractivity contribution >= 4 is 41.1 Å². The number of esters is 1. The second-order valence-corrected chi connectivity index (χ2v) is 7.45. The minimum Gasteiger partial charge on any atom is -0.465 e. The van der Waals surface area contributed by atoms with Gasteiger partial charge in [-0.3, -0.25) is 9.59 Å². The number of halogens is 1. The van der Waals surface area contributed by atoms with E-state index in [0.29, 0.717) is 38.9 Å². The summed E-state index contributed by atoms with van der Waals surface area (Å²) in [4.78, 5) is 38.2. The Morgan fingerprint density at radius 2 is 1.66 bits per heavy atom. The first kappa shape index (κ1) is 21.3. The van der Waals surface area contributed by atoms with E-state index >= 15 is 0 Å². The lowest BCUT2D eigenvalue weighted by Crippen LogP contribution is -2.28. The van der Waals surface area contributed by atoms with Gasteiger partial charge in [0.05, 0.1) is 24.8 Å². The minimum atomic E-state index is -0.434. The van der Waals surface area contributed by atoms with Gasteiger partial charge in [-0.1, -0.05) is 29.8 Å². The standard InChI is InChI=1S/C25H18ClNO5/c1-31-25(30)16-6-12-21(13-7-16)32-22-5-3-2-4-17(22)14-18-15-23(28)27(24(18)29)20-10-8-19(26)9-11-20/h2-14H,15H2,1H3/b18-14-. The summed E-state index contributed by atoms with van der Waals surface area (Å²) in [6, 6.07) is 20.2. The normalized spacial score (nSPS) is 14.7. The third kappa shape index (κ3) is 4.40. The molecule has 0 atom stereocenters. The highest BCUT2D eigenvalue weighted by Gasteiger charge is 2.35. The molecule has 0 aromatic heterocycles. The van der Waals surface area contributed by atoms with Crippen molar-refractivity contribution < 1.29 is 23.9 Å². The van der Waals surface area contributed by atoms with Crippen LogP contribution in [0.15, 0.2) is 78.4 Å². The number of amides is 2. The SMILES string of the molecule is COC(=O)c1ccc(Oc2ccccc2/C=C2/CC(=O)N(c3ccc(Cl)cc3)C2=O)cc1. The zero-order valence-electron chi connectivity index (χ0n) is 17.1. The van der Waals surface area contributed by atoms with Crippen LogP contribution in [0, 0.1) is 0 Å². The molecule has 7 heteroatoms. The minimum absolute atomic E-state index is 0.0103. The molecule has 1 fully saturated rings. The number of carbonyl (C=O) groups excluding carboxylic acids is 3. The Morgan fingerprint density at radius 3 is 2.34 bits per heavy atom. The van der Waals surface area contributed by atoms with Crippen LogP contribution in [-0.4, -0.2) is 24.9 Å². The molecule has 2 amide bonds. The van der Waals surface area contributed by atoms with E-state index in [1.54, 1.807) is 66.7 Å². The molecule has 4 rings (SSSR count). The van der Waals surface area contributed by atoms with Crippen molar-refractivity contribution in [1.82, 2.24) is 0 Å². The molecule has 160 valence electrons. The number of rotatable bonds is 5. The van der Waals surface area contributed by atoms with E-state index < -0.39 is 5.97 Å². The number of carbonyl (C=O) groups is 3. The highest BCUT2D eigenvalue weighted by molar-refractivity contribution is 6.31. The number of para-hydroxylation sites is 1. The summed E-state index contributed by atoms with van der Waals surface area (Å²) >= 11 is 5.91. The van der Waals surface area contributed by atoms with Gasteiger partial charge in [0.2, 0.25) is 5.91 Å². The van der Waals surface area contributed by atoms with Crippen molar-refractivity contribution in [2.75, 3.05) is 12.0 Å². The Labute approximate surface area is 189 Å². The van der Waals surface area contributed by atoms with Crippen molar-refractivity contribution in [2.45, 2.75) is 6.42 Å². The first-order valence-electron chi connectivity index (χ1n) is 9.75. The Balaban J connectivity index is 1.59. The maximum Gasteiger partial charge on any atom is 0.337 e. The van der Waals surface area contributed by atoms with Crippen LogP contribution in [0.4, 0.5) is 5.69 Å². The summed E-state index contributed by atoms with van der Waals surface area (Å²) in [5.41, 5.74) is 1.90. The third-order valence-electron chi connectivity index (χ3n) is 4.91. The van der Waals surface area contributed by atoms with Gasteiger partial charge < -0.3 is 9.47 Å². The van der Waals surface area contributed by atoms with E-state index in [1.807, 2.05) is 12.1 Å². The molecular formula is C25H18ClNO5. The van der Waals surface area contributed by atoms with Crippen LogP contribution < -0.4 is 9.64 Å². The van der Waals surface area contributed by atoms with E-state index in [-0.39, 0.29) is 18.2 Å². The Kier molecular flexibility index (Phi) is 6.05. The number of hydrogen-bond acceptors (Lipinski definition) is 5. The fraction of sp³-hybridized carbons (Fsp3) is 0.0800. The predicted molar refractivity (Wildman–Crippen MR) is 121 cm³/mol. The van der Waals surface area contributed by atoms with Crippen LogP contribution in [0.5, 0.6) is 11.5 Å². The smallest absolute Gasteiger partial charge is 0.337 e. The predicted octanol–water partition coefficient (Wildman–Crippen LogP) is 5.27. The fourth-order valence-corrected chi connectivity index (χ4v) is 3.45. The number of ether oxygens (including phenoxy) is 2. The van der Waals surface area contributed by atoms with E-state index in [4.69, 9.17) is 21.1 Å². The van der Waals surface area contributed by atoms with Crippen molar-refractivity contribution in [3.8, 4) is 11.5 Å². The number of nitrogens with zero attached hydrogens (tertiary/aromatic N) is 1. The fourth-order valence-electron chi connectivity index (χ4n) is 3.32. The Bertz CT molecular complexity index is 1220. The second-order valence-electron chi connectivity index (χ2n) is 7.01. The summed E-state index contributed by atoms with van der Waals surface area (Å²) in [6.45, 7) is 0. The number of hydrogen-bond donors (Lipinski definition) is 0. The van der Waals surface area contributed by atoms with E-state index in [1.165, 1.54) is 7.11 Å². The molecule has 0 radical (unpaired) electrons. The lowest BCUT2D eigenvalue weighted by Gasteiger charge is -2.13. The van der Waals surface area contributed by atoms with Gasteiger partial charge in [0.1, 0.15) is 11.5 Å². The average molecular weight is 448 g/mol. The third-order valence-corrected chi connectivity index (χ3v) is 5.16. The summed E-state index contributed by atoms with van der Waals surface area (Å²) < 4.78 is 10.6. The number of methoxy groups -OCH3 is 1. The molecule has 0 saturated carbocycles. The molecule has 3 aromatic rings. The largest absolute Gasteiger partial charge is 0.465 e. The Hall–Kier alpha value is -3.90. The van der Waals surface area contributed by atoms with Crippen LogP contribution in [0.1, 0.15) is 22.3 Å². The first-order chi connectivity index (χ1) is 15.5. The van der Waals surface area contributed by atoms with Crippen molar-refractivity contribution in [2.24, 2.45) is 0 Å².